The van der Waals surface area contributed by atoms with Gasteiger partial charge in [0.05, 0.1) is 5.69 Å². The van der Waals surface area contributed by atoms with E-state index in [2.05, 4.69) is 16.8 Å². The fourth-order valence-electron chi connectivity index (χ4n) is 0.973. The number of nitrogens with one attached hydrogen (secondary N) is 1. The Morgan fingerprint density at radius 1 is 1.50 bits per heavy atom. The average molecular weight is 186 g/mol. The molecule has 14 heavy (non-hydrogen) atoms. The number of hydrogen-bond acceptors (Lipinski definition) is 1. The molecule has 1 aromatic rings. The van der Waals surface area contributed by atoms with Crippen molar-refractivity contribution >= 4 is 6.08 Å². The molecule has 0 aliphatic heterocycles. The van der Waals surface area contributed by atoms with Gasteiger partial charge < -0.3 is 0 Å². The van der Waals surface area contributed by atoms with Gasteiger partial charge in [0.1, 0.15) is 0 Å². The van der Waals surface area contributed by atoms with Crippen LogP contribution in [0.5, 0.6) is 0 Å². The highest BCUT2D eigenvalue weighted by atomic mass is 15.1. The van der Waals surface area contributed by atoms with E-state index in [9.17, 15) is 0 Å². The number of hydrogen-bond donors (Lipinski definition) is 1. The van der Waals surface area contributed by atoms with Crippen molar-refractivity contribution in [1.29, 1.82) is 0 Å². The normalized spacial score (nSPS) is 12.8. The topological polar surface area (TPSA) is 28.7 Å². The molecule has 0 atom stereocenters. The first-order valence-corrected chi connectivity index (χ1v) is 4.49. The van der Waals surface area contributed by atoms with Crippen LogP contribution in [0, 0.1) is 0 Å². The van der Waals surface area contributed by atoms with E-state index in [1.165, 1.54) is 0 Å². The largest absolute Gasteiger partial charge is 0.278 e. The third-order valence-electron chi connectivity index (χ3n) is 1.74. The minimum Gasteiger partial charge on any atom is -0.278 e. The molecule has 0 aromatic carbocycles. The number of aromatic nitrogens is 2. The van der Waals surface area contributed by atoms with Crippen molar-refractivity contribution in [2.75, 3.05) is 0 Å². The molecule has 1 aromatic heterocycles. The molecule has 0 saturated carbocycles. The van der Waals surface area contributed by atoms with E-state index in [0.717, 1.165) is 11.3 Å². The Hall–Kier alpha value is -1.83. The molecule has 72 valence electrons. The molecular weight excluding hydrogens is 172 g/mol. The summed E-state index contributed by atoms with van der Waals surface area (Å²) in [5.41, 5.74) is 2.14. The molecule has 2 heteroatoms. The van der Waals surface area contributed by atoms with Crippen LogP contribution in [0.15, 0.2) is 54.8 Å². The summed E-state index contributed by atoms with van der Waals surface area (Å²) in [5.74, 6) is 0. The number of aromatic amines is 1. The predicted octanol–water partition coefficient (Wildman–Crippen LogP) is 3.11. The summed E-state index contributed by atoms with van der Waals surface area (Å²) in [7, 11) is 0. The zero-order valence-electron chi connectivity index (χ0n) is 8.27. The average Bonchev–Trinajstić information content (AvgIpc) is 2.71. The first-order valence-electron chi connectivity index (χ1n) is 4.49. The van der Waals surface area contributed by atoms with Gasteiger partial charge in [-0.05, 0) is 24.6 Å². The second kappa shape index (κ2) is 5.75. The fraction of sp³-hybridized carbons (Fsp3) is 0.0833. The number of rotatable bonds is 4. The van der Waals surface area contributed by atoms with Crippen LogP contribution >= 0.6 is 0 Å². The molecular formula is C12H14N2. The summed E-state index contributed by atoms with van der Waals surface area (Å²) in [6.45, 7) is 5.62. The quantitative estimate of drug-likeness (QED) is 0.719. The minimum absolute atomic E-state index is 0.997. The SMILES string of the molecule is C=C\C=C/C(/C=C/c1ccn[nH]1)=C\C. The molecule has 0 aliphatic carbocycles. The van der Waals surface area contributed by atoms with Crippen LogP contribution in [0.3, 0.4) is 0 Å². The van der Waals surface area contributed by atoms with Gasteiger partial charge in [0, 0.05) is 6.20 Å². The Morgan fingerprint density at radius 2 is 2.36 bits per heavy atom. The lowest BCUT2D eigenvalue weighted by molar-refractivity contribution is 1.08. The maximum atomic E-state index is 3.86. The molecule has 0 saturated heterocycles. The third-order valence-corrected chi connectivity index (χ3v) is 1.74. The molecule has 0 fully saturated rings. The summed E-state index contributed by atoms with van der Waals surface area (Å²) in [5, 5.41) is 6.72. The van der Waals surface area contributed by atoms with E-state index < -0.39 is 0 Å². The van der Waals surface area contributed by atoms with Crippen LogP contribution in [0.1, 0.15) is 12.6 Å². The number of H-pyrrole nitrogens is 1. The van der Waals surface area contributed by atoms with Crippen LogP contribution in [-0.4, -0.2) is 10.2 Å². The fourth-order valence-corrected chi connectivity index (χ4v) is 0.973. The Kier molecular flexibility index (Phi) is 4.21. The summed E-state index contributed by atoms with van der Waals surface area (Å²) in [4.78, 5) is 0. The van der Waals surface area contributed by atoms with E-state index in [-0.39, 0.29) is 0 Å². The van der Waals surface area contributed by atoms with E-state index in [4.69, 9.17) is 0 Å². The van der Waals surface area contributed by atoms with E-state index in [1.54, 1.807) is 12.3 Å². The van der Waals surface area contributed by atoms with Gasteiger partial charge in [-0.1, -0.05) is 37.0 Å². The van der Waals surface area contributed by atoms with Crippen molar-refractivity contribution in [3.05, 3.63) is 60.5 Å². The maximum absolute atomic E-state index is 3.86. The van der Waals surface area contributed by atoms with Crippen molar-refractivity contribution in [3.8, 4) is 0 Å². The second-order valence-corrected chi connectivity index (χ2v) is 2.73. The molecule has 0 unspecified atom stereocenters. The van der Waals surface area contributed by atoms with Gasteiger partial charge in [0.25, 0.3) is 0 Å². The predicted molar refractivity (Wildman–Crippen MR) is 60.7 cm³/mol. The molecule has 0 bridgehead atoms. The van der Waals surface area contributed by atoms with Gasteiger partial charge >= 0.3 is 0 Å². The van der Waals surface area contributed by atoms with Crippen LogP contribution < -0.4 is 0 Å². The number of nitrogens with zero attached hydrogens (tertiary/aromatic N) is 1. The van der Waals surface area contributed by atoms with Crippen LogP contribution in [0.2, 0.25) is 0 Å². The van der Waals surface area contributed by atoms with Gasteiger partial charge in [-0.3, -0.25) is 5.10 Å². The Labute approximate surface area is 84.4 Å². The second-order valence-electron chi connectivity index (χ2n) is 2.73. The van der Waals surface area contributed by atoms with E-state index in [1.807, 2.05) is 43.4 Å². The first-order chi connectivity index (χ1) is 6.86. The Morgan fingerprint density at radius 3 is 2.93 bits per heavy atom. The molecule has 0 aliphatic rings. The van der Waals surface area contributed by atoms with Crippen LogP contribution in [0.25, 0.3) is 6.08 Å². The maximum Gasteiger partial charge on any atom is 0.0577 e. The van der Waals surface area contributed by atoms with Crippen molar-refractivity contribution < 1.29 is 0 Å². The monoisotopic (exact) mass is 186 g/mol. The van der Waals surface area contributed by atoms with E-state index >= 15 is 0 Å². The minimum atomic E-state index is 0.997. The smallest absolute Gasteiger partial charge is 0.0577 e. The standard InChI is InChI=1S/C12H14N2/c1-3-5-6-11(4-2)7-8-12-9-10-13-14-12/h3-10H,1H2,2H3,(H,13,14)/b6-5-,8-7+,11-4+. The van der Waals surface area contributed by atoms with Crippen molar-refractivity contribution in [2.24, 2.45) is 0 Å². The van der Waals surface area contributed by atoms with Crippen molar-refractivity contribution in [2.45, 2.75) is 6.92 Å². The Balaban J connectivity index is 2.66. The van der Waals surface area contributed by atoms with Gasteiger partial charge in [-0.15, -0.1) is 0 Å². The third kappa shape index (κ3) is 3.27. The molecule has 0 amide bonds. The zero-order chi connectivity index (χ0) is 10.2. The summed E-state index contributed by atoms with van der Waals surface area (Å²) in [6.07, 6.45) is 13.4. The highest BCUT2D eigenvalue weighted by Gasteiger charge is 1.86. The molecule has 1 N–H and O–H groups in total. The molecule has 0 radical (unpaired) electrons. The summed E-state index contributed by atoms with van der Waals surface area (Å²) < 4.78 is 0. The van der Waals surface area contributed by atoms with Gasteiger partial charge in [0.15, 0.2) is 0 Å². The van der Waals surface area contributed by atoms with E-state index in [0.29, 0.717) is 0 Å². The van der Waals surface area contributed by atoms with Crippen LogP contribution in [-0.2, 0) is 0 Å². The summed E-state index contributed by atoms with van der Waals surface area (Å²) in [6, 6.07) is 1.92. The van der Waals surface area contributed by atoms with Crippen molar-refractivity contribution in [3.63, 3.8) is 0 Å². The van der Waals surface area contributed by atoms with Gasteiger partial charge in [0.2, 0.25) is 0 Å². The summed E-state index contributed by atoms with van der Waals surface area (Å²) >= 11 is 0. The van der Waals surface area contributed by atoms with Crippen LogP contribution in [0.4, 0.5) is 0 Å². The molecule has 1 rings (SSSR count). The molecule has 0 spiro atoms. The number of allylic oxidation sites excluding steroid dienone is 6. The molecule has 2 nitrogen and oxygen atoms in total. The lowest BCUT2D eigenvalue weighted by Crippen LogP contribution is -1.73. The lowest BCUT2D eigenvalue weighted by Gasteiger charge is -1.90. The lowest BCUT2D eigenvalue weighted by atomic mass is 10.2. The highest BCUT2D eigenvalue weighted by Crippen LogP contribution is 2.03. The van der Waals surface area contributed by atoms with Gasteiger partial charge in [-0.2, -0.15) is 5.10 Å². The first kappa shape index (κ1) is 10.3. The van der Waals surface area contributed by atoms with Gasteiger partial charge in [-0.25, -0.2) is 0 Å². The van der Waals surface area contributed by atoms with Crippen molar-refractivity contribution in [1.82, 2.24) is 10.2 Å². The molecule has 1 heterocycles. The highest BCUT2D eigenvalue weighted by molar-refractivity contribution is 5.51. The zero-order valence-corrected chi connectivity index (χ0v) is 8.27. The Bertz CT molecular complexity index is 354.